The first-order chi connectivity index (χ1) is 7.92. The van der Waals surface area contributed by atoms with E-state index in [1.807, 2.05) is 23.9 Å². The number of nitrogens with zero attached hydrogens (tertiary/aromatic N) is 2. The van der Waals surface area contributed by atoms with Gasteiger partial charge < -0.3 is 0 Å². The quantitative estimate of drug-likeness (QED) is 0.654. The Morgan fingerprint density at radius 3 is 3.12 bits per heavy atom. The molecule has 5 heteroatoms. The van der Waals surface area contributed by atoms with E-state index in [4.69, 9.17) is 0 Å². The van der Waals surface area contributed by atoms with Crippen LogP contribution >= 0.6 is 11.8 Å². The number of rotatable bonds is 6. The van der Waals surface area contributed by atoms with Crippen LogP contribution in [0, 0.1) is 0 Å². The topological polar surface area (TPSA) is 36.8 Å². The predicted molar refractivity (Wildman–Crippen MR) is 72.5 cm³/mol. The second kappa shape index (κ2) is 6.28. The van der Waals surface area contributed by atoms with E-state index in [-0.39, 0.29) is 14.6 Å². The van der Waals surface area contributed by atoms with E-state index in [1.54, 1.807) is 0 Å². The summed E-state index contributed by atoms with van der Waals surface area (Å²) in [7, 11) is 0. The van der Waals surface area contributed by atoms with Crippen molar-refractivity contribution in [3.63, 3.8) is 0 Å². The molecule has 3 nitrogen and oxygen atoms in total. The number of benzene rings is 1. The number of nitrogens with one attached hydrogen (secondary N) is 1. The van der Waals surface area contributed by atoms with Gasteiger partial charge in [0.15, 0.2) is 0 Å². The molecule has 0 spiro atoms. The number of fused-ring (bicyclic) bond motifs is 1. The summed E-state index contributed by atoms with van der Waals surface area (Å²) in [5.41, 5.74) is 3.26. The summed E-state index contributed by atoms with van der Waals surface area (Å²) in [5, 5.41) is 3.45. The van der Waals surface area contributed by atoms with E-state index in [9.17, 15) is 0 Å². The minimum atomic E-state index is 0.0684. The van der Waals surface area contributed by atoms with E-state index in [2.05, 4.69) is 25.6 Å². The van der Waals surface area contributed by atoms with Crippen molar-refractivity contribution in [1.29, 1.82) is 0 Å². The van der Waals surface area contributed by atoms with Gasteiger partial charge in [0.25, 0.3) is 0 Å². The molecule has 1 N–H and O–H groups in total. The number of hydrogen-bond donors (Lipinski definition) is 1. The van der Waals surface area contributed by atoms with Gasteiger partial charge in [-0.25, -0.2) is 0 Å². The summed E-state index contributed by atoms with van der Waals surface area (Å²) in [6, 6.07) is 6.17. The van der Waals surface area contributed by atoms with Crippen molar-refractivity contribution in [2.75, 3.05) is 23.9 Å². The predicted octanol–water partition coefficient (Wildman–Crippen LogP) is 3.59. The minimum absolute atomic E-state index is 0.0684. The fourth-order valence-electron chi connectivity index (χ4n) is 1.54. The number of anilines is 1. The van der Waals surface area contributed by atoms with Crippen molar-refractivity contribution < 1.29 is 0 Å². The number of hydrogen-bond acceptors (Lipinski definition) is 4. The molecule has 16 heavy (non-hydrogen) atoms. The first kappa shape index (κ1) is 12.0. The van der Waals surface area contributed by atoms with E-state index in [1.165, 1.54) is 18.6 Å². The van der Waals surface area contributed by atoms with Crippen LogP contribution in [0.15, 0.2) is 26.1 Å². The van der Waals surface area contributed by atoms with Crippen LogP contribution in [-0.4, -0.2) is 33.1 Å². The average Bonchev–Trinajstić information content (AvgIpc) is 2.77. The van der Waals surface area contributed by atoms with Gasteiger partial charge in [0, 0.05) is 0 Å². The normalized spacial score (nSPS) is 12.3. The molecule has 2 rings (SSSR count). The Hall–Kier alpha value is -0.511. The van der Waals surface area contributed by atoms with Gasteiger partial charge in [-0.3, -0.25) is 0 Å². The first-order valence-corrected chi connectivity index (χ1v) is 8.28. The van der Waals surface area contributed by atoms with Gasteiger partial charge in [-0.15, -0.1) is 0 Å². The van der Waals surface area contributed by atoms with Crippen LogP contribution in [0.2, 0.25) is 0 Å². The third-order valence-corrected chi connectivity index (χ3v) is 4.21. The molecule has 0 saturated carbocycles. The van der Waals surface area contributed by atoms with Gasteiger partial charge in [0.2, 0.25) is 0 Å². The van der Waals surface area contributed by atoms with Crippen molar-refractivity contribution in [3.05, 3.63) is 18.2 Å². The molecule has 0 bridgehead atoms. The number of unbranched alkanes of at least 4 members (excludes halogenated alkanes) is 1. The van der Waals surface area contributed by atoms with Crippen LogP contribution in [0.5, 0.6) is 0 Å². The van der Waals surface area contributed by atoms with Crippen LogP contribution < -0.4 is 5.32 Å². The fraction of sp³-hybridized carbons (Fsp3) is 0.455. The van der Waals surface area contributed by atoms with E-state index in [0.717, 1.165) is 23.6 Å². The standard InChI is InChI=1S/C11H15N3SSe/c1-15-8-3-2-7-12-9-5-4-6-10-11(9)14-16-13-10/h4-6,12H,2-3,7-8H2,1H3. The van der Waals surface area contributed by atoms with E-state index >= 15 is 0 Å². The zero-order valence-corrected chi connectivity index (χ0v) is 11.8. The molecule has 0 atom stereocenters. The Bertz CT molecular complexity index is 427. The molecule has 1 aliphatic rings. The van der Waals surface area contributed by atoms with Gasteiger partial charge in [0.05, 0.1) is 0 Å². The first-order valence-electron chi connectivity index (χ1n) is 5.36. The van der Waals surface area contributed by atoms with E-state index in [0.29, 0.717) is 0 Å². The maximum atomic E-state index is 4.44. The monoisotopic (exact) mass is 301 g/mol. The Labute approximate surface area is 106 Å². The Morgan fingerprint density at radius 2 is 2.25 bits per heavy atom. The Kier molecular flexibility index (Phi) is 4.69. The van der Waals surface area contributed by atoms with Crippen LogP contribution in [0.1, 0.15) is 12.8 Å². The van der Waals surface area contributed by atoms with Gasteiger partial charge in [0.1, 0.15) is 0 Å². The molecule has 0 aromatic heterocycles. The fourth-order valence-corrected chi connectivity index (χ4v) is 3.19. The maximum absolute atomic E-state index is 4.44. The molecule has 0 amide bonds. The van der Waals surface area contributed by atoms with Crippen molar-refractivity contribution in [3.8, 4) is 0 Å². The molecule has 1 aromatic rings. The van der Waals surface area contributed by atoms with Gasteiger partial charge in [-0.2, -0.15) is 0 Å². The summed E-state index contributed by atoms with van der Waals surface area (Å²) < 4.78 is 8.81. The Balaban J connectivity index is 1.86. The molecular formula is C11H15N3SSe. The molecule has 0 fully saturated rings. The van der Waals surface area contributed by atoms with Crippen molar-refractivity contribution in [2.45, 2.75) is 12.8 Å². The summed E-state index contributed by atoms with van der Waals surface area (Å²) in [4.78, 5) is 0. The molecule has 0 radical (unpaired) electrons. The van der Waals surface area contributed by atoms with Crippen molar-refractivity contribution >= 4 is 43.4 Å². The summed E-state index contributed by atoms with van der Waals surface area (Å²) in [6.45, 7) is 1.03. The molecule has 1 aromatic carbocycles. The molecule has 1 aliphatic heterocycles. The SMILES string of the molecule is CSCCCCNc1cccc2c1N=[Se]=N2. The van der Waals surface area contributed by atoms with Crippen LogP contribution in [0.3, 0.4) is 0 Å². The molecule has 1 heterocycles. The van der Waals surface area contributed by atoms with Gasteiger partial charge in [-0.05, 0) is 0 Å². The zero-order valence-electron chi connectivity index (χ0n) is 9.27. The van der Waals surface area contributed by atoms with Crippen LogP contribution in [-0.2, 0) is 0 Å². The molecule has 0 aliphatic carbocycles. The zero-order chi connectivity index (χ0) is 11.2. The summed E-state index contributed by atoms with van der Waals surface area (Å²) in [6.07, 6.45) is 4.64. The third kappa shape index (κ3) is 3.00. The second-order valence-corrected chi connectivity index (χ2v) is 5.66. The van der Waals surface area contributed by atoms with Crippen LogP contribution in [0.4, 0.5) is 17.1 Å². The molecule has 0 unspecified atom stereocenters. The van der Waals surface area contributed by atoms with Gasteiger partial charge >= 0.3 is 106 Å². The van der Waals surface area contributed by atoms with Crippen molar-refractivity contribution in [1.82, 2.24) is 0 Å². The van der Waals surface area contributed by atoms with Crippen LogP contribution in [0.25, 0.3) is 0 Å². The van der Waals surface area contributed by atoms with E-state index < -0.39 is 0 Å². The third-order valence-electron chi connectivity index (χ3n) is 2.38. The second-order valence-electron chi connectivity index (χ2n) is 3.56. The molecule has 86 valence electrons. The van der Waals surface area contributed by atoms with Crippen molar-refractivity contribution in [2.24, 2.45) is 7.92 Å². The molecule has 0 saturated heterocycles. The average molecular weight is 300 g/mol. The number of thioether (sulfide) groups is 1. The Morgan fingerprint density at radius 1 is 1.31 bits per heavy atom. The molecular weight excluding hydrogens is 285 g/mol. The summed E-state index contributed by atoms with van der Waals surface area (Å²) in [5.74, 6) is 1.25. The van der Waals surface area contributed by atoms with Gasteiger partial charge in [-0.1, -0.05) is 0 Å². The summed E-state index contributed by atoms with van der Waals surface area (Å²) >= 11 is 1.98.